The lowest BCUT2D eigenvalue weighted by Crippen LogP contribution is -2.42. The van der Waals surface area contributed by atoms with Gasteiger partial charge >= 0.3 is 0 Å². The normalized spacial score (nSPS) is 17.7. The maximum atomic E-state index is 12.9. The number of nitriles is 1. The van der Waals surface area contributed by atoms with Gasteiger partial charge in [-0.1, -0.05) is 0 Å². The quantitative estimate of drug-likeness (QED) is 0.332. The summed E-state index contributed by atoms with van der Waals surface area (Å²) in [6.07, 6.45) is 5.22. The average Bonchev–Trinajstić information content (AvgIpc) is 3.38. The Labute approximate surface area is 203 Å². The third kappa shape index (κ3) is 5.71. The van der Waals surface area contributed by atoms with Crippen molar-refractivity contribution in [2.45, 2.75) is 32.4 Å². The number of carbonyl (C=O) groups is 2. The minimum Gasteiger partial charge on any atom is -0.382 e. The van der Waals surface area contributed by atoms with Gasteiger partial charge in [0.15, 0.2) is 0 Å². The number of fused-ring (bicyclic) bond motifs is 1. The Morgan fingerprint density at radius 3 is 2.77 bits per heavy atom. The molecule has 2 amide bonds. The first kappa shape index (κ1) is 24.5. The van der Waals surface area contributed by atoms with Gasteiger partial charge in [-0.3, -0.25) is 23.3 Å². The van der Waals surface area contributed by atoms with Crippen LogP contribution in [-0.4, -0.2) is 65.6 Å². The zero-order valence-electron chi connectivity index (χ0n) is 19.4. The first-order valence-electron chi connectivity index (χ1n) is 11.1. The van der Waals surface area contributed by atoms with Crippen LogP contribution in [0.25, 0.3) is 16.9 Å². The summed E-state index contributed by atoms with van der Waals surface area (Å²) in [4.78, 5) is 33.9. The van der Waals surface area contributed by atoms with Crippen LogP contribution in [0.15, 0.2) is 36.8 Å². The average molecular weight is 498 g/mol. The molecule has 0 spiro atoms. The molecule has 1 fully saturated rings. The van der Waals surface area contributed by atoms with Gasteiger partial charge in [-0.25, -0.2) is 9.97 Å². The molecular weight excluding hydrogens is 470 g/mol. The summed E-state index contributed by atoms with van der Waals surface area (Å²) in [6, 6.07) is 7.10. The molecule has 4 heterocycles. The highest BCUT2D eigenvalue weighted by atomic mass is 32.3. The van der Waals surface area contributed by atoms with E-state index < -0.39 is 22.4 Å². The van der Waals surface area contributed by atoms with Crippen LogP contribution in [0.3, 0.4) is 0 Å². The molecule has 184 valence electrons. The molecule has 0 bridgehead atoms. The molecule has 4 rings (SSSR count). The van der Waals surface area contributed by atoms with E-state index in [1.54, 1.807) is 22.9 Å². The summed E-state index contributed by atoms with van der Waals surface area (Å²) in [5.74, 6) is 0.0894. The van der Waals surface area contributed by atoms with Crippen molar-refractivity contribution in [3.05, 3.63) is 47.9 Å². The van der Waals surface area contributed by atoms with Gasteiger partial charge in [0.1, 0.15) is 17.5 Å². The fourth-order valence-electron chi connectivity index (χ4n) is 3.93. The van der Waals surface area contributed by atoms with Crippen LogP contribution < -0.4 is 16.0 Å². The van der Waals surface area contributed by atoms with Crippen molar-refractivity contribution in [1.82, 2.24) is 25.2 Å². The maximum Gasteiger partial charge on any atom is 0.255 e. The van der Waals surface area contributed by atoms with E-state index in [0.29, 0.717) is 29.1 Å². The number of aromatic nitrogens is 3. The van der Waals surface area contributed by atoms with Crippen molar-refractivity contribution in [3.63, 3.8) is 0 Å². The Balaban J connectivity index is 1.50. The van der Waals surface area contributed by atoms with Crippen molar-refractivity contribution < 1.29 is 18.7 Å². The lowest BCUT2D eigenvalue weighted by molar-refractivity contribution is -0.120. The molecule has 1 atom stereocenters. The predicted octanol–water partition coefficient (Wildman–Crippen LogP) is 2.48. The van der Waals surface area contributed by atoms with Crippen molar-refractivity contribution >= 4 is 39.1 Å². The summed E-state index contributed by atoms with van der Waals surface area (Å²) >= 11 is 0. The first-order valence-corrected chi connectivity index (χ1v) is 13.0. The highest BCUT2D eigenvalue weighted by molar-refractivity contribution is 8.24. The van der Waals surface area contributed by atoms with Gasteiger partial charge in [0, 0.05) is 47.9 Å². The molecular formula is C23H27N7O4S. The number of amides is 2. The molecule has 3 aromatic rings. The number of hydrogen-bond acceptors (Lipinski definition) is 8. The van der Waals surface area contributed by atoms with Gasteiger partial charge < -0.3 is 16.0 Å². The fourth-order valence-corrected chi connectivity index (χ4v) is 5.65. The van der Waals surface area contributed by atoms with Crippen LogP contribution in [0, 0.1) is 11.3 Å². The number of carbonyl (C=O) groups excluding carboxylic acids is 2. The molecule has 1 unspecified atom stereocenters. The molecule has 5 N–H and O–H groups in total. The Hall–Kier alpha value is -3.66. The van der Waals surface area contributed by atoms with Crippen LogP contribution in [0.4, 0.5) is 5.69 Å². The van der Waals surface area contributed by atoms with E-state index in [4.69, 9.17) is 5.26 Å². The Morgan fingerprint density at radius 2 is 2.09 bits per heavy atom. The largest absolute Gasteiger partial charge is 0.382 e. The molecule has 0 radical (unpaired) electrons. The van der Waals surface area contributed by atoms with E-state index >= 15 is 0 Å². The second-order valence-electron chi connectivity index (χ2n) is 8.73. The van der Waals surface area contributed by atoms with Crippen molar-refractivity contribution in [1.29, 1.82) is 5.26 Å². The summed E-state index contributed by atoms with van der Waals surface area (Å²) in [6.45, 7) is 3.64. The summed E-state index contributed by atoms with van der Waals surface area (Å²) in [5.41, 5.74) is 1.91. The second kappa shape index (κ2) is 9.91. The van der Waals surface area contributed by atoms with Crippen LogP contribution in [0.5, 0.6) is 0 Å². The SMILES string of the molecule is CC(C)Nc1cc(-n2ccc3cc(C#N)cnc32)ncc1C(=O)NCC(=O)NC1CCS(O)(O)C1. The maximum absolute atomic E-state index is 12.9. The third-order valence-corrected chi connectivity index (χ3v) is 7.34. The number of pyridine rings is 2. The third-order valence-electron chi connectivity index (χ3n) is 5.52. The topological polar surface area (TPSA) is 165 Å². The number of nitrogens with zero attached hydrogens (tertiary/aromatic N) is 4. The van der Waals surface area contributed by atoms with Crippen LogP contribution in [0.2, 0.25) is 0 Å². The lowest BCUT2D eigenvalue weighted by atomic mass is 10.2. The second-order valence-corrected chi connectivity index (χ2v) is 11.1. The van der Waals surface area contributed by atoms with Gasteiger partial charge in [-0.2, -0.15) is 15.9 Å². The molecule has 12 heteroatoms. The number of anilines is 1. The van der Waals surface area contributed by atoms with E-state index in [0.717, 1.165) is 5.39 Å². The van der Waals surface area contributed by atoms with E-state index in [-0.39, 0.29) is 35.7 Å². The first-order chi connectivity index (χ1) is 16.6. The molecule has 1 aliphatic heterocycles. The summed E-state index contributed by atoms with van der Waals surface area (Å²) < 4.78 is 21.2. The van der Waals surface area contributed by atoms with Crippen LogP contribution in [-0.2, 0) is 4.79 Å². The minimum absolute atomic E-state index is 0.0277. The van der Waals surface area contributed by atoms with Crippen molar-refractivity contribution in [3.8, 4) is 11.9 Å². The summed E-state index contributed by atoms with van der Waals surface area (Å²) in [7, 11) is -2.61. The van der Waals surface area contributed by atoms with Gasteiger partial charge in [0.05, 0.1) is 29.1 Å². The fraction of sp³-hybridized carbons (Fsp3) is 0.348. The van der Waals surface area contributed by atoms with Gasteiger partial charge in [-0.05, 0) is 32.4 Å². The lowest BCUT2D eigenvalue weighted by Gasteiger charge is -2.26. The summed E-state index contributed by atoms with van der Waals surface area (Å²) in [5, 5.41) is 18.5. The van der Waals surface area contributed by atoms with E-state index in [9.17, 15) is 18.7 Å². The molecule has 0 aromatic carbocycles. The molecule has 35 heavy (non-hydrogen) atoms. The van der Waals surface area contributed by atoms with Gasteiger partial charge in [0.2, 0.25) is 5.91 Å². The number of nitrogens with one attached hydrogen (secondary N) is 3. The molecule has 0 saturated carbocycles. The Bertz CT molecular complexity index is 1310. The van der Waals surface area contributed by atoms with Gasteiger partial charge in [0.25, 0.3) is 5.91 Å². The van der Waals surface area contributed by atoms with E-state index in [1.807, 2.05) is 19.9 Å². The molecule has 11 nitrogen and oxygen atoms in total. The van der Waals surface area contributed by atoms with Gasteiger partial charge in [-0.15, -0.1) is 0 Å². The Kier molecular flexibility index (Phi) is 6.93. The zero-order valence-corrected chi connectivity index (χ0v) is 20.2. The van der Waals surface area contributed by atoms with Crippen LogP contribution in [0.1, 0.15) is 36.2 Å². The van der Waals surface area contributed by atoms with Crippen LogP contribution >= 0.6 is 10.6 Å². The minimum atomic E-state index is -2.61. The smallest absolute Gasteiger partial charge is 0.255 e. The Morgan fingerprint density at radius 1 is 1.29 bits per heavy atom. The molecule has 1 aliphatic rings. The molecule has 1 saturated heterocycles. The molecule has 3 aromatic heterocycles. The van der Waals surface area contributed by atoms with E-state index in [1.165, 1.54) is 12.4 Å². The standard InChI is InChI=1S/C23H27N7O4S/c1-14(2)28-19-8-20(30-5-3-16-7-15(9-24)10-26-22(16)30)25-11-18(19)23(32)27-12-21(31)29-17-4-6-35(33,34)13-17/h3,5,7-8,10-11,14,17,33-34H,4,6,12-13H2,1-2H3,(H,25,28)(H,27,32)(H,29,31). The van der Waals surface area contributed by atoms with Crippen molar-refractivity contribution in [2.24, 2.45) is 0 Å². The highest BCUT2D eigenvalue weighted by Crippen LogP contribution is 2.45. The zero-order chi connectivity index (χ0) is 25.2. The monoisotopic (exact) mass is 497 g/mol. The number of rotatable bonds is 7. The van der Waals surface area contributed by atoms with E-state index in [2.05, 4.69) is 32.0 Å². The highest BCUT2D eigenvalue weighted by Gasteiger charge is 2.29. The van der Waals surface area contributed by atoms with Crippen molar-refractivity contribution in [2.75, 3.05) is 23.4 Å². The molecule has 0 aliphatic carbocycles. The number of hydrogen-bond donors (Lipinski definition) is 5. The predicted molar refractivity (Wildman–Crippen MR) is 134 cm³/mol.